The van der Waals surface area contributed by atoms with Crippen LogP contribution in [0.4, 0.5) is 13.2 Å². The van der Waals surface area contributed by atoms with Gasteiger partial charge >= 0.3 is 15.6 Å². The summed E-state index contributed by atoms with van der Waals surface area (Å²) in [6, 6.07) is 0. The molecule has 3 nitrogen and oxygen atoms in total. The van der Waals surface area contributed by atoms with Crippen molar-refractivity contribution in [1.29, 1.82) is 0 Å². The molecule has 0 aromatic heterocycles. The molecule has 8 heteroatoms. The van der Waals surface area contributed by atoms with Crippen LogP contribution in [0.5, 0.6) is 0 Å². The van der Waals surface area contributed by atoms with Gasteiger partial charge in [-0.05, 0) is 0 Å². The van der Waals surface area contributed by atoms with Gasteiger partial charge in [0.25, 0.3) is 0 Å². The lowest BCUT2D eigenvalue weighted by molar-refractivity contribution is -0.0535. The highest BCUT2D eigenvalue weighted by atomic mass is 79.9. The summed E-state index contributed by atoms with van der Waals surface area (Å²) in [5.74, 6) is 0. The van der Waals surface area contributed by atoms with Crippen LogP contribution in [0.2, 0.25) is 0 Å². The van der Waals surface area contributed by atoms with Crippen LogP contribution in [-0.2, 0) is 14.3 Å². The quantitative estimate of drug-likeness (QED) is 0.342. The molecule has 0 radical (unpaired) electrons. The van der Waals surface area contributed by atoms with Crippen LogP contribution < -0.4 is 0 Å². The van der Waals surface area contributed by atoms with Gasteiger partial charge in [-0.25, -0.2) is 0 Å². The van der Waals surface area contributed by atoms with Crippen LogP contribution in [0.25, 0.3) is 0 Å². The van der Waals surface area contributed by atoms with Gasteiger partial charge in [0.1, 0.15) is 0 Å². The Labute approximate surface area is 81.8 Å². The number of alkyl halides is 4. The molecule has 0 amide bonds. The first-order valence-electron chi connectivity index (χ1n) is 2.98. The topological polar surface area (TPSA) is 43.4 Å². The predicted molar refractivity (Wildman–Crippen MR) is 43.9 cm³/mol. The fourth-order valence-corrected chi connectivity index (χ4v) is 0.982. The SMILES string of the molecule is O=S(=O)(OC/C=C/CBr)C(F)(F)F. The predicted octanol–water partition coefficient (Wildman–Crippen LogP) is 1.80. The maximum atomic E-state index is 11.6. The van der Waals surface area contributed by atoms with Gasteiger partial charge in [-0.15, -0.1) is 0 Å². The summed E-state index contributed by atoms with van der Waals surface area (Å²) in [5, 5.41) is 0.419. The van der Waals surface area contributed by atoms with Gasteiger partial charge in [-0.2, -0.15) is 21.6 Å². The molecule has 0 bridgehead atoms. The molecule has 0 fully saturated rings. The fraction of sp³-hybridized carbons (Fsp3) is 0.600. The van der Waals surface area contributed by atoms with Crippen LogP contribution in [-0.4, -0.2) is 25.9 Å². The zero-order valence-electron chi connectivity index (χ0n) is 6.21. The van der Waals surface area contributed by atoms with E-state index in [0.29, 0.717) is 5.33 Å². The van der Waals surface area contributed by atoms with Crippen molar-refractivity contribution in [3.05, 3.63) is 12.2 Å². The molecule has 0 atom stereocenters. The Morgan fingerprint density at radius 2 is 1.85 bits per heavy atom. The van der Waals surface area contributed by atoms with Crippen LogP contribution in [0.1, 0.15) is 0 Å². The average Bonchev–Trinajstić information content (AvgIpc) is 1.96. The maximum Gasteiger partial charge on any atom is 0.523 e. The van der Waals surface area contributed by atoms with Gasteiger partial charge in [-0.3, -0.25) is 4.18 Å². The van der Waals surface area contributed by atoms with Gasteiger partial charge in [0.2, 0.25) is 0 Å². The molecule has 0 rings (SSSR count). The van der Waals surface area contributed by atoms with Crippen LogP contribution >= 0.6 is 15.9 Å². The Balaban J connectivity index is 4.14. The van der Waals surface area contributed by atoms with E-state index in [4.69, 9.17) is 0 Å². The number of hydrogen-bond acceptors (Lipinski definition) is 3. The maximum absolute atomic E-state index is 11.6. The van der Waals surface area contributed by atoms with Gasteiger partial charge in [-0.1, -0.05) is 28.1 Å². The van der Waals surface area contributed by atoms with Crippen molar-refractivity contribution in [1.82, 2.24) is 0 Å². The van der Waals surface area contributed by atoms with E-state index >= 15 is 0 Å². The molecule has 0 aromatic rings. The lowest BCUT2D eigenvalue weighted by Crippen LogP contribution is -2.25. The first kappa shape index (κ1) is 12.9. The number of hydrogen-bond donors (Lipinski definition) is 0. The second-order valence-corrected chi connectivity index (χ2v) is 4.06. The van der Waals surface area contributed by atoms with Crippen molar-refractivity contribution in [3.63, 3.8) is 0 Å². The zero-order chi connectivity index (χ0) is 10.5. The third-order valence-electron chi connectivity index (χ3n) is 0.859. The number of rotatable bonds is 4. The molecule has 13 heavy (non-hydrogen) atoms. The molecule has 0 aliphatic rings. The van der Waals surface area contributed by atoms with E-state index in [-0.39, 0.29) is 0 Å². The summed E-state index contributed by atoms with van der Waals surface area (Å²) < 4.78 is 58.9. The summed E-state index contributed by atoms with van der Waals surface area (Å²) in [6.45, 7) is -0.618. The molecule has 0 saturated carbocycles. The van der Waals surface area contributed by atoms with Crippen LogP contribution in [0.15, 0.2) is 12.2 Å². The monoisotopic (exact) mass is 282 g/mol. The largest absolute Gasteiger partial charge is 0.523 e. The van der Waals surface area contributed by atoms with E-state index in [0.717, 1.165) is 6.08 Å². The minimum absolute atomic E-state index is 0.419. The third kappa shape index (κ3) is 4.63. The van der Waals surface area contributed by atoms with Gasteiger partial charge in [0.05, 0.1) is 6.61 Å². The molecule has 78 valence electrons. The molecule has 0 aliphatic heterocycles. The Morgan fingerprint density at radius 1 is 1.31 bits per heavy atom. The van der Waals surface area contributed by atoms with Crippen molar-refractivity contribution in [3.8, 4) is 0 Å². The Hall–Kier alpha value is -0.0800. The third-order valence-corrected chi connectivity index (χ3v) is 2.25. The molecule has 0 aliphatic carbocycles. The van der Waals surface area contributed by atoms with Crippen LogP contribution in [0.3, 0.4) is 0 Å². The van der Waals surface area contributed by atoms with Crippen molar-refractivity contribution >= 4 is 26.0 Å². The Morgan fingerprint density at radius 3 is 2.23 bits per heavy atom. The summed E-state index contributed by atoms with van der Waals surface area (Å²) >= 11 is 2.96. The standard InChI is InChI=1S/C5H6BrF3O3S/c6-3-1-2-4-12-13(10,11)5(7,8)9/h1-2H,3-4H2/b2-1+. The molecular formula is C5H6BrF3O3S. The van der Waals surface area contributed by atoms with Crippen molar-refractivity contribution < 1.29 is 25.8 Å². The highest BCUT2D eigenvalue weighted by molar-refractivity contribution is 9.09. The minimum atomic E-state index is -5.44. The summed E-state index contributed by atoms with van der Waals surface area (Å²) in [5.41, 5.74) is -5.35. The smallest absolute Gasteiger partial charge is 0.259 e. The van der Waals surface area contributed by atoms with Crippen molar-refractivity contribution in [2.45, 2.75) is 5.51 Å². The lowest BCUT2D eigenvalue weighted by Gasteiger charge is -2.05. The first-order valence-corrected chi connectivity index (χ1v) is 5.51. The van der Waals surface area contributed by atoms with Crippen molar-refractivity contribution in [2.24, 2.45) is 0 Å². The van der Waals surface area contributed by atoms with E-state index < -0.39 is 22.2 Å². The molecular weight excluding hydrogens is 277 g/mol. The van der Waals surface area contributed by atoms with Gasteiger partial charge in [0, 0.05) is 5.33 Å². The molecule has 0 heterocycles. The van der Waals surface area contributed by atoms with E-state index in [2.05, 4.69) is 20.1 Å². The van der Waals surface area contributed by atoms with E-state index in [1.54, 1.807) is 0 Å². The number of allylic oxidation sites excluding steroid dienone is 1. The number of halogens is 4. The zero-order valence-corrected chi connectivity index (χ0v) is 8.62. The summed E-state index contributed by atoms with van der Waals surface area (Å²) in [7, 11) is -5.44. The Bertz CT molecular complexity index is 269. The molecule has 0 aromatic carbocycles. The normalized spacial score (nSPS) is 13.8. The molecule has 0 unspecified atom stereocenters. The summed E-state index contributed by atoms with van der Waals surface area (Å²) in [4.78, 5) is 0. The second kappa shape index (κ2) is 4.97. The van der Waals surface area contributed by atoms with E-state index in [1.165, 1.54) is 6.08 Å². The van der Waals surface area contributed by atoms with Gasteiger partial charge < -0.3 is 0 Å². The molecule has 0 N–H and O–H groups in total. The van der Waals surface area contributed by atoms with Crippen LogP contribution in [0, 0.1) is 0 Å². The summed E-state index contributed by atoms with van der Waals surface area (Å²) in [6.07, 6.45) is 2.59. The second-order valence-electron chi connectivity index (χ2n) is 1.81. The fourth-order valence-electron chi connectivity index (χ4n) is 0.327. The minimum Gasteiger partial charge on any atom is -0.259 e. The van der Waals surface area contributed by atoms with Crippen molar-refractivity contribution in [2.75, 3.05) is 11.9 Å². The molecule has 0 saturated heterocycles. The Kier molecular flexibility index (Phi) is 4.93. The van der Waals surface area contributed by atoms with E-state index in [1.807, 2.05) is 0 Å². The highest BCUT2D eigenvalue weighted by Crippen LogP contribution is 2.24. The van der Waals surface area contributed by atoms with Gasteiger partial charge in [0.15, 0.2) is 0 Å². The first-order chi connectivity index (χ1) is 5.81. The van der Waals surface area contributed by atoms with E-state index in [9.17, 15) is 21.6 Å². The average molecular weight is 283 g/mol. The highest BCUT2D eigenvalue weighted by Gasteiger charge is 2.47. The lowest BCUT2D eigenvalue weighted by atomic mass is 10.6. The molecule has 0 spiro atoms.